The van der Waals surface area contributed by atoms with Crippen LogP contribution in [0, 0.1) is 0 Å². The van der Waals surface area contributed by atoms with Gasteiger partial charge >= 0.3 is 0 Å². The molecule has 2 aromatic heterocycles. The molecule has 242 valence electrons. The Morgan fingerprint density at radius 2 is 0.962 bits per heavy atom. The molecule has 0 saturated carbocycles. The summed E-state index contributed by atoms with van der Waals surface area (Å²) in [5, 5.41) is 10.4. The number of rotatable bonds is 4. The number of benzene rings is 9. The van der Waals surface area contributed by atoms with Gasteiger partial charge in [-0.3, -0.25) is 0 Å². The van der Waals surface area contributed by atoms with E-state index in [4.69, 9.17) is 8.83 Å². The van der Waals surface area contributed by atoms with Crippen LogP contribution in [0.3, 0.4) is 0 Å². The van der Waals surface area contributed by atoms with Crippen LogP contribution in [0.4, 0.5) is 0 Å². The summed E-state index contributed by atoms with van der Waals surface area (Å²) in [7, 11) is 0. The van der Waals surface area contributed by atoms with E-state index < -0.39 is 0 Å². The maximum absolute atomic E-state index is 6.84. The van der Waals surface area contributed by atoms with Gasteiger partial charge in [-0.2, -0.15) is 0 Å². The van der Waals surface area contributed by atoms with Crippen molar-refractivity contribution in [1.82, 2.24) is 0 Å². The van der Waals surface area contributed by atoms with Crippen molar-refractivity contribution in [1.29, 1.82) is 0 Å². The average molecular weight is 663 g/mol. The van der Waals surface area contributed by atoms with Crippen molar-refractivity contribution in [3.05, 3.63) is 182 Å². The van der Waals surface area contributed by atoms with E-state index in [0.29, 0.717) is 0 Å². The van der Waals surface area contributed by atoms with Crippen LogP contribution in [0.1, 0.15) is 0 Å². The molecule has 9 aromatic carbocycles. The van der Waals surface area contributed by atoms with Crippen molar-refractivity contribution in [3.8, 4) is 44.5 Å². The van der Waals surface area contributed by atoms with E-state index in [2.05, 4.69) is 176 Å². The Morgan fingerprint density at radius 3 is 1.75 bits per heavy atom. The van der Waals surface area contributed by atoms with Crippen LogP contribution in [0.15, 0.2) is 191 Å². The normalized spacial score (nSPS) is 11.8. The predicted octanol–water partition coefficient (Wildman–Crippen LogP) is 14.5. The summed E-state index contributed by atoms with van der Waals surface area (Å²) in [5.74, 6) is 0. The van der Waals surface area contributed by atoms with Gasteiger partial charge in [-0.15, -0.1) is 0 Å². The number of fused-ring (bicyclic) bond motifs is 8. The second kappa shape index (κ2) is 11.3. The van der Waals surface area contributed by atoms with E-state index in [1.54, 1.807) is 0 Å². The van der Waals surface area contributed by atoms with Crippen LogP contribution >= 0.6 is 0 Å². The van der Waals surface area contributed by atoms with Gasteiger partial charge in [0.2, 0.25) is 0 Å². The Labute approximate surface area is 299 Å². The van der Waals surface area contributed by atoms with Crippen LogP contribution in [0.2, 0.25) is 0 Å². The molecule has 0 unspecified atom stereocenters. The molecule has 0 spiro atoms. The van der Waals surface area contributed by atoms with Crippen LogP contribution in [0.25, 0.3) is 110 Å². The fraction of sp³-hybridized carbons (Fsp3) is 0. The molecule has 11 rings (SSSR count). The van der Waals surface area contributed by atoms with Gasteiger partial charge in [-0.25, -0.2) is 0 Å². The highest BCUT2D eigenvalue weighted by Gasteiger charge is 2.22. The standard InChI is InChI=1S/C50H30O2/c1-2-12-31(13-3-1)34-16-10-17-36(29-34)46-37-18-6-8-20-39(37)47(40-21-9-7-19-38(40)46)42-22-11-23-43-48-45(52-49(42)43)27-26-41-44(30-51-50(41)48)35-25-24-32-14-4-5-15-33(32)28-35/h1-30H. The van der Waals surface area contributed by atoms with Gasteiger partial charge in [-0.05, 0) is 84.4 Å². The Balaban J connectivity index is 1.15. The Bertz CT molecular complexity index is 3120. The third-order valence-corrected chi connectivity index (χ3v) is 10.7. The van der Waals surface area contributed by atoms with E-state index in [0.717, 1.165) is 49.6 Å². The molecule has 0 atom stereocenters. The molecule has 0 saturated heterocycles. The smallest absolute Gasteiger partial charge is 0.146 e. The fourth-order valence-corrected chi connectivity index (χ4v) is 8.37. The largest absolute Gasteiger partial charge is 0.463 e. The fourth-order valence-electron chi connectivity index (χ4n) is 8.37. The van der Waals surface area contributed by atoms with Crippen molar-refractivity contribution >= 4 is 65.2 Å². The van der Waals surface area contributed by atoms with Gasteiger partial charge < -0.3 is 8.83 Å². The summed E-state index contributed by atoms with van der Waals surface area (Å²) in [6.45, 7) is 0. The van der Waals surface area contributed by atoms with Crippen molar-refractivity contribution in [2.75, 3.05) is 0 Å². The van der Waals surface area contributed by atoms with Crippen LogP contribution in [-0.2, 0) is 0 Å². The summed E-state index contributed by atoms with van der Waals surface area (Å²) < 4.78 is 13.3. The van der Waals surface area contributed by atoms with Crippen molar-refractivity contribution < 1.29 is 8.83 Å². The van der Waals surface area contributed by atoms with Gasteiger partial charge in [0.15, 0.2) is 0 Å². The molecule has 0 N–H and O–H groups in total. The van der Waals surface area contributed by atoms with Crippen molar-refractivity contribution in [3.63, 3.8) is 0 Å². The zero-order chi connectivity index (χ0) is 34.2. The van der Waals surface area contributed by atoms with Crippen LogP contribution in [0.5, 0.6) is 0 Å². The minimum Gasteiger partial charge on any atom is -0.463 e. The van der Waals surface area contributed by atoms with E-state index >= 15 is 0 Å². The highest BCUT2D eigenvalue weighted by molar-refractivity contribution is 6.26. The molecule has 0 aliphatic rings. The third-order valence-electron chi connectivity index (χ3n) is 10.7. The maximum Gasteiger partial charge on any atom is 0.146 e. The Morgan fingerprint density at radius 1 is 0.327 bits per heavy atom. The summed E-state index contributed by atoms with van der Waals surface area (Å²) in [6.07, 6.45) is 1.89. The molecule has 0 radical (unpaired) electrons. The van der Waals surface area contributed by atoms with Gasteiger partial charge in [0.25, 0.3) is 0 Å². The summed E-state index contributed by atoms with van der Waals surface area (Å²) in [4.78, 5) is 0. The monoisotopic (exact) mass is 662 g/mol. The minimum atomic E-state index is 0.817. The molecule has 2 heteroatoms. The first-order valence-electron chi connectivity index (χ1n) is 17.7. The number of para-hydroxylation sites is 1. The zero-order valence-electron chi connectivity index (χ0n) is 28.1. The quantitative estimate of drug-likeness (QED) is 0.175. The molecule has 0 aliphatic carbocycles. The lowest BCUT2D eigenvalue weighted by molar-refractivity contribution is 0.619. The van der Waals surface area contributed by atoms with E-state index in [1.807, 2.05) is 6.26 Å². The molecule has 11 aromatic rings. The predicted molar refractivity (Wildman–Crippen MR) is 218 cm³/mol. The summed E-state index contributed by atoms with van der Waals surface area (Å²) >= 11 is 0. The first kappa shape index (κ1) is 28.9. The van der Waals surface area contributed by atoms with Gasteiger partial charge in [0.1, 0.15) is 16.7 Å². The van der Waals surface area contributed by atoms with Gasteiger partial charge in [0.05, 0.1) is 11.6 Å². The average Bonchev–Trinajstić information content (AvgIpc) is 3.82. The summed E-state index contributed by atoms with van der Waals surface area (Å²) in [6, 6.07) is 63.0. The van der Waals surface area contributed by atoms with E-state index in [-0.39, 0.29) is 0 Å². The van der Waals surface area contributed by atoms with Crippen LogP contribution < -0.4 is 0 Å². The Kier molecular flexibility index (Phi) is 6.28. The molecule has 0 fully saturated rings. The highest BCUT2D eigenvalue weighted by atomic mass is 16.3. The third kappa shape index (κ3) is 4.31. The van der Waals surface area contributed by atoms with E-state index in [9.17, 15) is 0 Å². The lowest BCUT2D eigenvalue weighted by Gasteiger charge is -2.18. The second-order valence-corrected chi connectivity index (χ2v) is 13.6. The molecule has 2 heterocycles. The first-order chi connectivity index (χ1) is 25.8. The van der Waals surface area contributed by atoms with Crippen molar-refractivity contribution in [2.24, 2.45) is 0 Å². The maximum atomic E-state index is 6.84. The number of hydrogen-bond acceptors (Lipinski definition) is 2. The molecular formula is C50H30O2. The molecule has 52 heavy (non-hydrogen) atoms. The Hall–Kier alpha value is -6.90. The zero-order valence-corrected chi connectivity index (χ0v) is 28.1. The second-order valence-electron chi connectivity index (χ2n) is 13.6. The topological polar surface area (TPSA) is 26.3 Å². The molecule has 0 bridgehead atoms. The molecular weight excluding hydrogens is 633 g/mol. The molecule has 2 nitrogen and oxygen atoms in total. The SMILES string of the molecule is c1ccc(-c2cccc(-c3c4ccccc4c(-c4cccc5c4oc4ccc6c(-c7ccc8ccccc8c7)coc6c45)c4ccccc34)c2)cc1. The first-order valence-corrected chi connectivity index (χ1v) is 17.7. The number of hydrogen-bond donors (Lipinski definition) is 0. The number of furan rings is 2. The van der Waals surface area contributed by atoms with Crippen molar-refractivity contribution in [2.45, 2.75) is 0 Å². The minimum absolute atomic E-state index is 0.817. The van der Waals surface area contributed by atoms with Gasteiger partial charge in [0, 0.05) is 27.5 Å². The van der Waals surface area contributed by atoms with Crippen LogP contribution in [-0.4, -0.2) is 0 Å². The molecule has 0 amide bonds. The van der Waals surface area contributed by atoms with E-state index in [1.165, 1.54) is 60.1 Å². The molecule has 0 aliphatic heterocycles. The van der Waals surface area contributed by atoms with Gasteiger partial charge in [-0.1, -0.05) is 152 Å². The summed E-state index contributed by atoms with van der Waals surface area (Å²) in [5.41, 5.74) is 11.8. The lowest BCUT2D eigenvalue weighted by Crippen LogP contribution is -1.91. The highest BCUT2D eigenvalue weighted by Crippen LogP contribution is 2.48. The lowest BCUT2D eigenvalue weighted by atomic mass is 9.85.